The van der Waals surface area contributed by atoms with Gasteiger partial charge in [0.1, 0.15) is 0 Å². The van der Waals surface area contributed by atoms with E-state index in [9.17, 15) is 9.59 Å². The predicted octanol–water partition coefficient (Wildman–Crippen LogP) is 0.482. The molecule has 0 unspecified atom stereocenters. The molecule has 2 aromatic heterocycles. The maximum absolute atomic E-state index is 11.2. The number of nitrogens with one attached hydrogen (secondary N) is 2. The fourth-order valence-corrected chi connectivity index (χ4v) is 2.52. The van der Waals surface area contributed by atoms with Crippen molar-refractivity contribution in [2.75, 3.05) is 10.6 Å². The van der Waals surface area contributed by atoms with Gasteiger partial charge in [0, 0.05) is 0 Å². The Balaban J connectivity index is 0.000000161. The van der Waals surface area contributed by atoms with Crippen LogP contribution in [0.5, 0.6) is 0 Å². The monoisotopic (exact) mass is 372 g/mol. The second-order valence-corrected chi connectivity index (χ2v) is 7.07. The number of aromatic nitrogens is 4. The normalized spacial score (nSPS) is 14.4. The molecule has 28 heavy (non-hydrogen) atoms. The van der Waals surface area contributed by atoms with Crippen LogP contribution in [0.15, 0.2) is 12.3 Å². The molecule has 2 N–H and O–H groups in total. The van der Waals surface area contributed by atoms with Crippen molar-refractivity contribution in [3.63, 3.8) is 0 Å². The van der Waals surface area contributed by atoms with Gasteiger partial charge < -0.3 is 0 Å². The van der Waals surface area contributed by atoms with E-state index in [2.05, 4.69) is 30.8 Å². The van der Waals surface area contributed by atoms with E-state index in [1.54, 1.807) is 6.20 Å². The van der Waals surface area contributed by atoms with E-state index >= 15 is 0 Å². The Bertz CT molecular complexity index is 1020. The quantitative estimate of drug-likeness (QED) is 0.743. The van der Waals surface area contributed by atoms with Crippen LogP contribution in [0.2, 0.25) is 0 Å². The summed E-state index contributed by atoms with van der Waals surface area (Å²) >= 11 is 0. The zero-order valence-electron chi connectivity index (χ0n) is 16.1. The second-order valence-electron chi connectivity index (χ2n) is 7.07. The third-order valence-corrected chi connectivity index (χ3v) is 4.27. The fourth-order valence-electron chi connectivity index (χ4n) is 2.52. The third-order valence-electron chi connectivity index (χ3n) is 4.27. The van der Waals surface area contributed by atoms with E-state index in [1.165, 1.54) is 0 Å². The molecule has 0 bridgehead atoms. The summed E-state index contributed by atoms with van der Waals surface area (Å²) in [6.07, 6.45) is 1.66. The van der Waals surface area contributed by atoms with Gasteiger partial charge in [-0.1, -0.05) is 0 Å². The van der Waals surface area contributed by atoms with E-state index in [1.807, 2.05) is 33.8 Å². The molecule has 2 aromatic rings. The van der Waals surface area contributed by atoms with Gasteiger partial charge in [0.05, 0.1) is 0 Å². The van der Waals surface area contributed by atoms with Crippen LogP contribution >= 0.6 is 0 Å². The van der Waals surface area contributed by atoms with Crippen LogP contribution in [-0.4, -0.2) is 57.9 Å². The molecule has 0 aromatic carbocycles. The molecule has 4 rings (SSSR count). The first-order valence-corrected chi connectivity index (χ1v) is 8.81. The van der Waals surface area contributed by atoms with Gasteiger partial charge in [0.25, 0.3) is 0 Å². The molecule has 0 saturated carbocycles. The molecule has 0 fully saturated rings. The van der Waals surface area contributed by atoms with Crippen LogP contribution in [0.4, 0.5) is 11.5 Å². The van der Waals surface area contributed by atoms with Gasteiger partial charge in [-0.2, -0.15) is 0 Å². The fraction of sp³-hybridized carbons (Fsp3) is 0.333. The minimum atomic E-state index is -0.319. The van der Waals surface area contributed by atoms with Gasteiger partial charge in [-0.25, -0.2) is 0 Å². The average Bonchev–Trinajstić information content (AvgIpc) is 3.10. The van der Waals surface area contributed by atoms with Crippen LogP contribution in [0, 0.1) is 0 Å². The van der Waals surface area contributed by atoms with Crippen molar-refractivity contribution in [3.05, 3.63) is 35.0 Å². The van der Waals surface area contributed by atoms with Crippen molar-refractivity contribution >= 4 is 49.2 Å². The molecular weight excluding hydrogens is 354 g/mol. The van der Waals surface area contributed by atoms with Crippen LogP contribution in [0.3, 0.4) is 0 Å². The van der Waals surface area contributed by atoms with E-state index in [-0.39, 0.29) is 34.6 Å². The van der Waals surface area contributed by atoms with Crippen molar-refractivity contribution in [2.45, 2.75) is 39.5 Å². The van der Waals surface area contributed by atoms with Crippen LogP contribution in [-0.2, 0) is 9.59 Å². The van der Waals surface area contributed by atoms with Gasteiger partial charge >= 0.3 is 164 Å². The molecule has 0 atom stereocenters. The van der Waals surface area contributed by atoms with Crippen molar-refractivity contribution in [1.82, 2.24) is 20.2 Å². The van der Waals surface area contributed by atoms with Crippen LogP contribution in [0.1, 0.15) is 62.3 Å². The SMILES string of the molecule is [B]=C1C(=O)Nc2cc(C(C)C)nnc21.[B]=C1C(=O)Nc2ncc(C(C)C)nc21. The third kappa shape index (κ3) is 3.67. The summed E-state index contributed by atoms with van der Waals surface area (Å²) in [5.41, 5.74) is 3.56. The molecule has 0 saturated heterocycles. The van der Waals surface area contributed by atoms with Gasteiger partial charge in [-0.3, -0.25) is 0 Å². The molecule has 138 valence electrons. The average molecular weight is 372 g/mol. The summed E-state index contributed by atoms with van der Waals surface area (Å²) < 4.78 is 0. The maximum atomic E-state index is 11.2. The van der Waals surface area contributed by atoms with E-state index in [4.69, 9.17) is 15.0 Å². The predicted molar refractivity (Wildman–Crippen MR) is 109 cm³/mol. The Hall–Kier alpha value is -3.03. The molecule has 2 radical (unpaired) electrons. The Morgan fingerprint density at radius 2 is 1.46 bits per heavy atom. The van der Waals surface area contributed by atoms with Gasteiger partial charge in [-0.15, -0.1) is 0 Å². The molecule has 4 heterocycles. The van der Waals surface area contributed by atoms with Crippen LogP contribution in [0.25, 0.3) is 0 Å². The number of amides is 2. The topological polar surface area (TPSA) is 110 Å². The number of rotatable bonds is 2. The Kier molecular flexibility index (Phi) is 5.31. The molecule has 2 amide bonds. The Morgan fingerprint density at radius 1 is 0.857 bits per heavy atom. The first-order chi connectivity index (χ1) is 13.2. The molecule has 10 heteroatoms. The first-order valence-electron chi connectivity index (χ1n) is 8.81. The van der Waals surface area contributed by atoms with Crippen molar-refractivity contribution in [1.29, 1.82) is 0 Å². The number of carbonyl (C=O) groups is 2. The van der Waals surface area contributed by atoms with Crippen LogP contribution < -0.4 is 10.6 Å². The zero-order chi connectivity index (χ0) is 20.6. The van der Waals surface area contributed by atoms with Crippen molar-refractivity contribution in [2.24, 2.45) is 0 Å². The number of hydrogen-bond acceptors (Lipinski definition) is 6. The summed E-state index contributed by atoms with van der Waals surface area (Å²) in [5, 5.41) is 13.1. The molecule has 2 aliphatic heterocycles. The minimum absolute atomic E-state index is 0.141. The van der Waals surface area contributed by atoms with Crippen molar-refractivity contribution < 1.29 is 9.59 Å². The summed E-state index contributed by atoms with van der Waals surface area (Å²) in [6.45, 7) is 8.05. The molecule has 0 aliphatic carbocycles. The standard InChI is InChI=1S/2C9H9BN3O/c1-4(2)5-3-11-8-7(12-5)6(10)9(14)13-8;1-4(2)5-3-6-8(13-12-5)7(10)9(14)11-6/h3-4H,1-2H3,(H,11,13,14);3-4H,1-2H3,(H,11,14). The number of fused-ring (bicyclic) bond motifs is 2. The first kappa shape index (κ1) is 19.7. The zero-order valence-corrected chi connectivity index (χ0v) is 16.1. The van der Waals surface area contributed by atoms with E-state index in [0.717, 1.165) is 11.4 Å². The molecule has 0 spiro atoms. The number of hydrogen-bond donors (Lipinski definition) is 2. The van der Waals surface area contributed by atoms with Gasteiger partial charge in [-0.05, 0) is 0 Å². The van der Waals surface area contributed by atoms with E-state index in [0.29, 0.717) is 22.9 Å². The second kappa shape index (κ2) is 7.53. The number of anilines is 2. The summed E-state index contributed by atoms with van der Waals surface area (Å²) in [7, 11) is 11.1. The molecular formula is C18H18B2N6O2. The number of nitrogens with zero attached hydrogens (tertiary/aromatic N) is 4. The van der Waals surface area contributed by atoms with Gasteiger partial charge in [0.2, 0.25) is 0 Å². The molecule has 2 aliphatic rings. The summed E-state index contributed by atoms with van der Waals surface area (Å²) in [4.78, 5) is 30.7. The summed E-state index contributed by atoms with van der Waals surface area (Å²) in [5.74, 6) is 0.399. The van der Waals surface area contributed by atoms with E-state index < -0.39 is 0 Å². The summed E-state index contributed by atoms with van der Waals surface area (Å²) in [6, 6.07) is 1.81. The number of carbonyl (C=O) groups excluding carboxylic acids is 2. The Labute approximate surface area is 164 Å². The molecule has 8 nitrogen and oxygen atoms in total. The van der Waals surface area contributed by atoms with Crippen molar-refractivity contribution in [3.8, 4) is 0 Å². The Morgan fingerprint density at radius 3 is 2.11 bits per heavy atom. The van der Waals surface area contributed by atoms with Gasteiger partial charge in [0.15, 0.2) is 0 Å².